The third-order valence-corrected chi connectivity index (χ3v) is 2.90. The van der Waals surface area contributed by atoms with Crippen molar-refractivity contribution in [2.24, 2.45) is 0 Å². The van der Waals surface area contributed by atoms with Crippen LogP contribution in [0.25, 0.3) is 11.3 Å². The van der Waals surface area contributed by atoms with Crippen molar-refractivity contribution in [3.63, 3.8) is 0 Å². The van der Waals surface area contributed by atoms with Gasteiger partial charge in [0.25, 0.3) is 0 Å². The number of aryl methyl sites for hydroxylation is 1. The molecule has 1 aromatic carbocycles. The van der Waals surface area contributed by atoms with Crippen molar-refractivity contribution in [2.45, 2.75) is 33.2 Å². The molecule has 2 rings (SSSR count). The second-order valence-electron chi connectivity index (χ2n) is 4.13. The summed E-state index contributed by atoms with van der Waals surface area (Å²) in [6.07, 6.45) is 1.98. The van der Waals surface area contributed by atoms with Crippen LogP contribution in [0.15, 0.2) is 30.3 Å². The summed E-state index contributed by atoms with van der Waals surface area (Å²) in [5.74, 6) is 1.86. The molecule has 90 valence electrons. The molecular weight excluding hydrogens is 210 g/mol. The van der Waals surface area contributed by atoms with Gasteiger partial charge in [-0.25, -0.2) is 4.98 Å². The van der Waals surface area contributed by atoms with Crippen LogP contribution < -0.4 is 5.73 Å². The van der Waals surface area contributed by atoms with Gasteiger partial charge in [-0.1, -0.05) is 44.2 Å². The van der Waals surface area contributed by atoms with E-state index in [1.165, 1.54) is 0 Å². The SMILES string of the molecule is CCCn1c(CC)nc(-c2ccccc2)c1N. The molecule has 0 amide bonds. The van der Waals surface area contributed by atoms with E-state index in [0.717, 1.165) is 42.3 Å². The minimum atomic E-state index is 0.787. The average Bonchev–Trinajstić information content (AvgIpc) is 2.69. The van der Waals surface area contributed by atoms with Crippen molar-refractivity contribution in [3.8, 4) is 11.3 Å². The Balaban J connectivity index is 2.49. The first kappa shape index (κ1) is 11.7. The molecule has 3 nitrogen and oxygen atoms in total. The summed E-state index contributed by atoms with van der Waals surface area (Å²) < 4.78 is 2.13. The van der Waals surface area contributed by atoms with Gasteiger partial charge in [0.05, 0.1) is 0 Å². The Morgan fingerprint density at radius 2 is 1.88 bits per heavy atom. The predicted octanol–water partition coefficient (Wildman–Crippen LogP) is 3.10. The summed E-state index contributed by atoms with van der Waals surface area (Å²) in [4.78, 5) is 4.66. The number of nitrogens with two attached hydrogens (primary N) is 1. The Morgan fingerprint density at radius 1 is 1.18 bits per heavy atom. The third-order valence-electron chi connectivity index (χ3n) is 2.90. The van der Waals surface area contributed by atoms with E-state index in [9.17, 15) is 0 Å². The van der Waals surface area contributed by atoms with Crippen LogP contribution in [0, 0.1) is 0 Å². The number of rotatable bonds is 4. The van der Waals surface area contributed by atoms with Crippen LogP contribution in [0.3, 0.4) is 0 Å². The van der Waals surface area contributed by atoms with Crippen LogP contribution >= 0.6 is 0 Å². The first-order valence-corrected chi connectivity index (χ1v) is 6.18. The zero-order chi connectivity index (χ0) is 12.3. The smallest absolute Gasteiger partial charge is 0.131 e. The quantitative estimate of drug-likeness (QED) is 0.875. The normalized spacial score (nSPS) is 10.7. The number of anilines is 1. The number of imidazole rings is 1. The number of nitrogen functional groups attached to an aromatic ring is 1. The largest absolute Gasteiger partial charge is 0.383 e. The summed E-state index contributed by atoms with van der Waals surface area (Å²) in [5, 5.41) is 0. The average molecular weight is 229 g/mol. The van der Waals surface area contributed by atoms with Crippen LogP contribution in [0.2, 0.25) is 0 Å². The molecular formula is C14H19N3. The lowest BCUT2D eigenvalue weighted by molar-refractivity contribution is 0.650. The van der Waals surface area contributed by atoms with Crippen molar-refractivity contribution in [2.75, 3.05) is 5.73 Å². The summed E-state index contributed by atoms with van der Waals surface area (Å²) >= 11 is 0. The fourth-order valence-electron chi connectivity index (χ4n) is 2.07. The van der Waals surface area contributed by atoms with E-state index in [4.69, 9.17) is 5.73 Å². The highest BCUT2D eigenvalue weighted by Crippen LogP contribution is 2.26. The van der Waals surface area contributed by atoms with Gasteiger partial charge in [0.15, 0.2) is 0 Å². The minimum Gasteiger partial charge on any atom is -0.383 e. The van der Waals surface area contributed by atoms with Gasteiger partial charge >= 0.3 is 0 Å². The second-order valence-corrected chi connectivity index (χ2v) is 4.13. The molecule has 2 N–H and O–H groups in total. The summed E-state index contributed by atoms with van der Waals surface area (Å²) in [6, 6.07) is 10.1. The first-order chi connectivity index (χ1) is 8.27. The zero-order valence-electron chi connectivity index (χ0n) is 10.5. The Morgan fingerprint density at radius 3 is 2.47 bits per heavy atom. The van der Waals surface area contributed by atoms with Gasteiger partial charge in [-0.3, -0.25) is 0 Å². The van der Waals surface area contributed by atoms with Crippen molar-refractivity contribution >= 4 is 5.82 Å². The predicted molar refractivity (Wildman–Crippen MR) is 71.7 cm³/mol. The molecule has 0 aliphatic carbocycles. The van der Waals surface area contributed by atoms with E-state index in [0.29, 0.717) is 0 Å². The molecule has 0 bridgehead atoms. The van der Waals surface area contributed by atoms with Crippen molar-refractivity contribution in [1.29, 1.82) is 0 Å². The maximum absolute atomic E-state index is 6.20. The van der Waals surface area contributed by atoms with Gasteiger partial charge < -0.3 is 10.3 Å². The maximum atomic E-state index is 6.20. The molecule has 0 saturated carbocycles. The van der Waals surface area contributed by atoms with Gasteiger partial charge in [-0.15, -0.1) is 0 Å². The Hall–Kier alpha value is -1.77. The third kappa shape index (κ3) is 2.18. The molecule has 3 heteroatoms. The van der Waals surface area contributed by atoms with E-state index < -0.39 is 0 Å². The molecule has 1 heterocycles. The second kappa shape index (κ2) is 5.04. The number of hydrogen-bond donors (Lipinski definition) is 1. The van der Waals surface area contributed by atoms with E-state index in [-0.39, 0.29) is 0 Å². The summed E-state index contributed by atoms with van der Waals surface area (Å²) in [5.41, 5.74) is 8.20. The van der Waals surface area contributed by atoms with Crippen LogP contribution in [-0.4, -0.2) is 9.55 Å². The maximum Gasteiger partial charge on any atom is 0.131 e. The zero-order valence-corrected chi connectivity index (χ0v) is 10.5. The lowest BCUT2D eigenvalue weighted by Crippen LogP contribution is -2.06. The van der Waals surface area contributed by atoms with Gasteiger partial charge in [-0.05, 0) is 6.42 Å². The minimum absolute atomic E-state index is 0.787. The topological polar surface area (TPSA) is 43.8 Å². The molecule has 2 aromatic rings. The highest BCUT2D eigenvalue weighted by molar-refractivity contribution is 5.70. The number of hydrogen-bond acceptors (Lipinski definition) is 2. The molecule has 0 fully saturated rings. The van der Waals surface area contributed by atoms with Crippen LogP contribution in [0.5, 0.6) is 0 Å². The lowest BCUT2D eigenvalue weighted by Gasteiger charge is -2.06. The molecule has 0 unspecified atom stereocenters. The highest BCUT2D eigenvalue weighted by Gasteiger charge is 2.13. The van der Waals surface area contributed by atoms with Crippen molar-refractivity contribution in [1.82, 2.24) is 9.55 Å². The van der Waals surface area contributed by atoms with E-state index >= 15 is 0 Å². The number of nitrogens with zero attached hydrogens (tertiary/aromatic N) is 2. The fourth-order valence-corrected chi connectivity index (χ4v) is 2.07. The van der Waals surface area contributed by atoms with Gasteiger partial charge in [-0.2, -0.15) is 0 Å². The van der Waals surface area contributed by atoms with Gasteiger partial charge in [0.2, 0.25) is 0 Å². The summed E-state index contributed by atoms with van der Waals surface area (Å²) in [7, 11) is 0. The molecule has 0 spiro atoms. The van der Waals surface area contributed by atoms with Crippen LogP contribution in [0.4, 0.5) is 5.82 Å². The molecule has 17 heavy (non-hydrogen) atoms. The van der Waals surface area contributed by atoms with E-state index in [1.54, 1.807) is 0 Å². The van der Waals surface area contributed by atoms with E-state index in [2.05, 4.69) is 35.5 Å². The van der Waals surface area contributed by atoms with E-state index in [1.807, 2.05) is 18.2 Å². The lowest BCUT2D eigenvalue weighted by atomic mass is 10.1. The standard InChI is InChI=1S/C14H19N3/c1-3-10-17-12(4-2)16-13(14(17)15)11-8-6-5-7-9-11/h5-9H,3-4,10,15H2,1-2H3. The van der Waals surface area contributed by atoms with Gasteiger partial charge in [0.1, 0.15) is 17.3 Å². The van der Waals surface area contributed by atoms with Crippen molar-refractivity contribution < 1.29 is 0 Å². The molecule has 0 radical (unpaired) electrons. The number of benzene rings is 1. The van der Waals surface area contributed by atoms with Crippen LogP contribution in [-0.2, 0) is 13.0 Å². The Kier molecular flexibility index (Phi) is 3.47. The van der Waals surface area contributed by atoms with Crippen LogP contribution in [0.1, 0.15) is 26.1 Å². The summed E-state index contributed by atoms with van der Waals surface area (Å²) in [6.45, 7) is 5.21. The Labute approximate surface area is 102 Å². The monoisotopic (exact) mass is 229 g/mol. The molecule has 1 aromatic heterocycles. The molecule has 0 aliphatic rings. The molecule has 0 aliphatic heterocycles. The first-order valence-electron chi connectivity index (χ1n) is 6.18. The molecule has 0 saturated heterocycles. The van der Waals surface area contributed by atoms with Crippen molar-refractivity contribution in [3.05, 3.63) is 36.2 Å². The number of aromatic nitrogens is 2. The van der Waals surface area contributed by atoms with Gasteiger partial charge in [0, 0.05) is 18.5 Å². The fraction of sp³-hybridized carbons (Fsp3) is 0.357. The highest BCUT2D eigenvalue weighted by atomic mass is 15.1. The molecule has 0 atom stereocenters. The Bertz CT molecular complexity index is 486.